The van der Waals surface area contributed by atoms with E-state index >= 15 is 0 Å². The standard InChI is InChI=1S/C27H40O6/c1-3-4-5-6-7-8-9-10-11-12-13-14-16-19-25(30)20-17-15-18-21-27(31)33-26(22-28)23-32-24(2)29/h4-5,7-8,10-11,13-17,19,25-26,28,30H,3,6,9,12,18,20-23H2,1-2H3/b5-4-,8-7-,11-10-,14-13-,17-15-,19-16-/t25?,26-/m0/s1. The first-order valence-corrected chi connectivity index (χ1v) is 11.5. The van der Waals surface area contributed by atoms with Crippen molar-refractivity contribution in [3.05, 3.63) is 72.9 Å². The number of hydrogen-bond donors (Lipinski definition) is 2. The summed E-state index contributed by atoms with van der Waals surface area (Å²) in [6, 6.07) is 0. The second-order valence-electron chi connectivity index (χ2n) is 7.25. The zero-order valence-electron chi connectivity index (χ0n) is 20.0. The molecule has 2 atom stereocenters. The third-order valence-electron chi connectivity index (χ3n) is 4.17. The van der Waals surface area contributed by atoms with Gasteiger partial charge >= 0.3 is 11.9 Å². The number of aliphatic hydroxyl groups is 2. The van der Waals surface area contributed by atoms with Crippen LogP contribution >= 0.6 is 0 Å². The van der Waals surface area contributed by atoms with Crippen LogP contribution in [0.4, 0.5) is 0 Å². The number of carbonyl (C=O) groups excluding carboxylic acids is 2. The van der Waals surface area contributed by atoms with Crippen molar-refractivity contribution in [2.45, 2.75) is 71.0 Å². The minimum Gasteiger partial charge on any atom is -0.462 e. The van der Waals surface area contributed by atoms with Gasteiger partial charge in [0.25, 0.3) is 0 Å². The third-order valence-corrected chi connectivity index (χ3v) is 4.17. The molecule has 33 heavy (non-hydrogen) atoms. The molecule has 0 aliphatic heterocycles. The Hall–Kier alpha value is -2.70. The van der Waals surface area contributed by atoms with Gasteiger partial charge < -0.3 is 19.7 Å². The van der Waals surface area contributed by atoms with Crippen LogP contribution in [0.1, 0.15) is 58.8 Å². The minimum atomic E-state index is -0.851. The molecule has 1 unspecified atom stereocenters. The van der Waals surface area contributed by atoms with Gasteiger partial charge in [-0.1, -0.05) is 79.8 Å². The molecule has 184 valence electrons. The van der Waals surface area contributed by atoms with Crippen molar-refractivity contribution in [1.29, 1.82) is 0 Å². The minimum absolute atomic E-state index is 0.140. The van der Waals surface area contributed by atoms with E-state index in [9.17, 15) is 14.7 Å². The maximum Gasteiger partial charge on any atom is 0.306 e. The lowest BCUT2D eigenvalue weighted by atomic mass is 10.2. The van der Waals surface area contributed by atoms with E-state index in [1.165, 1.54) is 6.92 Å². The van der Waals surface area contributed by atoms with E-state index in [1.807, 2.05) is 24.3 Å². The number of esters is 2. The molecule has 0 aliphatic carbocycles. The summed E-state index contributed by atoms with van der Waals surface area (Å²) in [5.41, 5.74) is 0. The zero-order valence-corrected chi connectivity index (χ0v) is 20.0. The molecule has 0 heterocycles. The number of carbonyl (C=O) groups is 2. The van der Waals surface area contributed by atoms with Crippen LogP contribution in [0.15, 0.2) is 72.9 Å². The topological polar surface area (TPSA) is 93.1 Å². The fourth-order valence-electron chi connectivity index (χ4n) is 2.45. The number of aliphatic hydroxyl groups excluding tert-OH is 2. The second kappa shape index (κ2) is 22.5. The zero-order chi connectivity index (χ0) is 24.6. The maximum absolute atomic E-state index is 11.7. The van der Waals surface area contributed by atoms with Gasteiger partial charge in [0, 0.05) is 13.3 Å². The van der Waals surface area contributed by atoms with Gasteiger partial charge in [-0.2, -0.15) is 0 Å². The molecule has 0 fully saturated rings. The Labute approximate surface area is 198 Å². The molecule has 2 N–H and O–H groups in total. The molecular formula is C27H40O6. The van der Waals surface area contributed by atoms with Crippen molar-refractivity contribution in [2.75, 3.05) is 13.2 Å². The lowest BCUT2D eigenvalue weighted by Gasteiger charge is -2.14. The molecule has 0 aromatic carbocycles. The molecule has 0 radical (unpaired) electrons. The Morgan fingerprint density at radius 1 is 0.879 bits per heavy atom. The highest BCUT2D eigenvalue weighted by Gasteiger charge is 2.14. The van der Waals surface area contributed by atoms with Crippen LogP contribution < -0.4 is 0 Å². The lowest BCUT2D eigenvalue weighted by Crippen LogP contribution is -2.27. The molecule has 0 bridgehead atoms. The highest BCUT2D eigenvalue weighted by molar-refractivity contribution is 5.70. The number of ether oxygens (including phenoxy) is 2. The average Bonchev–Trinajstić information content (AvgIpc) is 2.79. The summed E-state index contributed by atoms with van der Waals surface area (Å²) in [7, 11) is 0. The smallest absolute Gasteiger partial charge is 0.306 e. The van der Waals surface area contributed by atoms with E-state index in [0.29, 0.717) is 12.8 Å². The Balaban J connectivity index is 3.90. The van der Waals surface area contributed by atoms with Gasteiger partial charge in [-0.3, -0.25) is 9.59 Å². The van der Waals surface area contributed by atoms with Crippen LogP contribution in [0.2, 0.25) is 0 Å². The quantitative estimate of drug-likeness (QED) is 0.172. The Morgan fingerprint density at radius 2 is 1.52 bits per heavy atom. The molecule has 0 aromatic heterocycles. The van der Waals surface area contributed by atoms with Crippen molar-refractivity contribution < 1.29 is 29.3 Å². The van der Waals surface area contributed by atoms with Gasteiger partial charge in [0.2, 0.25) is 0 Å². The van der Waals surface area contributed by atoms with Crippen LogP contribution in [-0.4, -0.2) is 47.6 Å². The summed E-state index contributed by atoms with van der Waals surface area (Å²) in [5, 5.41) is 19.1. The van der Waals surface area contributed by atoms with E-state index in [2.05, 4.69) is 43.4 Å². The summed E-state index contributed by atoms with van der Waals surface area (Å²) in [5.74, 6) is -0.979. The molecule has 0 saturated carbocycles. The largest absolute Gasteiger partial charge is 0.462 e. The van der Waals surface area contributed by atoms with Crippen LogP contribution in [0.5, 0.6) is 0 Å². The lowest BCUT2D eigenvalue weighted by molar-refractivity contribution is -0.160. The van der Waals surface area contributed by atoms with Crippen molar-refractivity contribution in [1.82, 2.24) is 0 Å². The van der Waals surface area contributed by atoms with E-state index in [4.69, 9.17) is 14.6 Å². The normalized spacial score (nSPS) is 14.4. The number of allylic oxidation sites excluding steroid dienone is 10. The molecule has 0 aromatic rings. The summed E-state index contributed by atoms with van der Waals surface area (Å²) in [6.07, 6.45) is 27.4. The maximum atomic E-state index is 11.7. The molecular weight excluding hydrogens is 420 g/mol. The predicted octanol–water partition coefficient (Wildman–Crippen LogP) is 4.90. The summed E-state index contributed by atoms with van der Waals surface area (Å²) >= 11 is 0. The second-order valence-corrected chi connectivity index (χ2v) is 7.25. The molecule has 6 heteroatoms. The van der Waals surface area contributed by atoms with Gasteiger partial charge in [0.15, 0.2) is 6.10 Å². The molecule has 0 saturated heterocycles. The summed E-state index contributed by atoms with van der Waals surface area (Å²) in [6.45, 7) is 2.80. The van der Waals surface area contributed by atoms with E-state index in [1.54, 1.807) is 12.2 Å². The molecule has 0 aliphatic rings. The fourth-order valence-corrected chi connectivity index (χ4v) is 2.45. The van der Waals surface area contributed by atoms with Gasteiger partial charge in [-0.15, -0.1) is 0 Å². The van der Waals surface area contributed by atoms with Gasteiger partial charge in [-0.25, -0.2) is 0 Å². The van der Waals surface area contributed by atoms with Crippen LogP contribution in [0.25, 0.3) is 0 Å². The Bertz CT molecular complexity index is 685. The monoisotopic (exact) mass is 460 g/mol. The van der Waals surface area contributed by atoms with Gasteiger partial charge in [-0.05, 0) is 38.5 Å². The summed E-state index contributed by atoms with van der Waals surface area (Å²) in [4.78, 5) is 22.5. The van der Waals surface area contributed by atoms with Crippen molar-refractivity contribution >= 4 is 11.9 Å². The molecule has 0 spiro atoms. The van der Waals surface area contributed by atoms with Crippen LogP contribution in [-0.2, 0) is 19.1 Å². The fraction of sp³-hybridized carbons (Fsp3) is 0.481. The SMILES string of the molecule is CC/C=C\C/C=C\C/C=C\C/C=C\C=C/C(O)C/C=C\CCC(=O)O[C@@H](CO)COC(C)=O. The Morgan fingerprint density at radius 3 is 2.12 bits per heavy atom. The average molecular weight is 461 g/mol. The highest BCUT2D eigenvalue weighted by Crippen LogP contribution is 2.03. The number of rotatable bonds is 18. The van der Waals surface area contributed by atoms with Gasteiger partial charge in [0.05, 0.1) is 12.7 Å². The Kier molecular flexibility index (Phi) is 20.7. The molecule has 0 rings (SSSR count). The third kappa shape index (κ3) is 22.3. The molecule has 6 nitrogen and oxygen atoms in total. The van der Waals surface area contributed by atoms with Crippen molar-refractivity contribution in [2.24, 2.45) is 0 Å². The van der Waals surface area contributed by atoms with E-state index in [0.717, 1.165) is 25.7 Å². The first kappa shape index (κ1) is 30.3. The molecule has 0 amide bonds. The van der Waals surface area contributed by atoms with Gasteiger partial charge in [0.1, 0.15) is 6.61 Å². The predicted molar refractivity (Wildman–Crippen MR) is 132 cm³/mol. The first-order chi connectivity index (χ1) is 16.0. The van der Waals surface area contributed by atoms with Crippen LogP contribution in [0, 0.1) is 0 Å². The summed E-state index contributed by atoms with van der Waals surface area (Å²) < 4.78 is 9.75. The highest BCUT2D eigenvalue weighted by atomic mass is 16.6. The van der Waals surface area contributed by atoms with E-state index < -0.39 is 30.8 Å². The van der Waals surface area contributed by atoms with Crippen molar-refractivity contribution in [3.63, 3.8) is 0 Å². The van der Waals surface area contributed by atoms with E-state index in [-0.39, 0.29) is 13.0 Å². The van der Waals surface area contributed by atoms with Crippen LogP contribution in [0.3, 0.4) is 0 Å². The first-order valence-electron chi connectivity index (χ1n) is 11.5. The number of hydrogen-bond acceptors (Lipinski definition) is 6. The van der Waals surface area contributed by atoms with Crippen molar-refractivity contribution in [3.8, 4) is 0 Å².